The Balaban J connectivity index is 1.45. The Morgan fingerprint density at radius 1 is 1.11 bits per heavy atom. The molecule has 7 atom stereocenters. The number of nitrogens with zero attached hydrogens (tertiary/aromatic N) is 1. The lowest BCUT2D eigenvalue weighted by atomic mass is 9.68. The van der Waals surface area contributed by atoms with Gasteiger partial charge in [0, 0.05) is 22.6 Å². The number of carbonyl (C=O) groups is 3. The topological polar surface area (TPSA) is 146 Å². The van der Waals surface area contributed by atoms with Gasteiger partial charge in [-0.2, -0.15) is 0 Å². The van der Waals surface area contributed by atoms with E-state index in [-0.39, 0.29) is 75.8 Å². The molecular weight excluding hydrogens is 508 g/mol. The number of aromatic nitrogens is 1. The van der Waals surface area contributed by atoms with Gasteiger partial charge in [0.15, 0.2) is 11.5 Å². The third kappa shape index (κ3) is 3.16. The Bertz CT molecular complexity index is 1330. The summed E-state index contributed by atoms with van der Waals surface area (Å²) in [7, 11) is 2.91. The number of ether oxygens (including phenoxy) is 2. The van der Waals surface area contributed by atoms with Crippen molar-refractivity contribution in [1.29, 1.82) is 0 Å². The number of thiazole rings is 1. The number of likely N-dealkylation sites (tertiary alicyclic amines) is 1. The number of methoxy groups -OCH3 is 2. The van der Waals surface area contributed by atoms with E-state index >= 15 is 0 Å². The van der Waals surface area contributed by atoms with E-state index in [0.717, 1.165) is 38.1 Å². The molecule has 2 aromatic rings. The molecule has 1 saturated heterocycles. The first kappa shape index (κ1) is 23.4. The minimum Gasteiger partial charge on any atom is -0.502 e. The molecule has 36 heavy (non-hydrogen) atoms. The van der Waals surface area contributed by atoms with Gasteiger partial charge in [-0.15, -0.1) is 11.8 Å². The maximum Gasteiger partial charge on any atom is 0.305 e. The van der Waals surface area contributed by atoms with Gasteiger partial charge in [-0.05, 0) is 41.9 Å². The van der Waals surface area contributed by atoms with E-state index in [2.05, 4.69) is 4.98 Å². The lowest BCUT2D eigenvalue weighted by Gasteiger charge is -2.43. The zero-order valence-corrected chi connectivity index (χ0v) is 21.1. The third-order valence-corrected chi connectivity index (χ3v) is 10.8. The van der Waals surface area contributed by atoms with Crippen molar-refractivity contribution in [3.63, 3.8) is 0 Å². The standard InChI is InChI=1S/C24H24N2O8S2/c1-33-11-5-8(6-12(34-2)18(11)29)14-15-9-7-10(19(15)35-21-20(14)36-24(32)25-21)17-16(9)22(30)26(23(17)31)4-3-13(27)28/h5-6,9-10,14-17,19,29H,3-4,7H2,1-2H3,(H,25,32)(H,27,28)/t9-,10+,14-,15-,16+,17+,19-/m1/s1. The van der Waals surface area contributed by atoms with Crippen molar-refractivity contribution in [3.05, 3.63) is 32.2 Å². The van der Waals surface area contributed by atoms with Crippen LogP contribution >= 0.6 is 23.1 Å². The van der Waals surface area contributed by atoms with Gasteiger partial charge in [0.25, 0.3) is 0 Å². The Morgan fingerprint density at radius 2 is 1.75 bits per heavy atom. The van der Waals surface area contributed by atoms with E-state index in [0.29, 0.717) is 0 Å². The molecule has 3 heterocycles. The van der Waals surface area contributed by atoms with Gasteiger partial charge >= 0.3 is 10.8 Å². The number of carboxylic acids is 1. The third-order valence-electron chi connectivity index (χ3n) is 8.23. The van der Waals surface area contributed by atoms with Crippen LogP contribution in [-0.4, -0.2) is 63.9 Å². The SMILES string of the molecule is COc1cc([C@H]2c3sc(=O)[nH]c3S[C@@H]3[C@H]4C[C@@H]([C@@H]5C(=O)N(CCC(=O)O)C(=O)[C@@H]45)[C@H]23)cc(OC)c1O. The molecule has 190 valence electrons. The largest absolute Gasteiger partial charge is 0.502 e. The van der Waals surface area contributed by atoms with Crippen LogP contribution in [0, 0.1) is 29.6 Å². The highest BCUT2D eigenvalue weighted by atomic mass is 32.2. The van der Waals surface area contributed by atoms with Crippen LogP contribution in [0.5, 0.6) is 17.2 Å². The van der Waals surface area contributed by atoms with Crippen molar-refractivity contribution in [1.82, 2.24) is 9.88 Å². The summed E-state index contributed by atoms with van der Waals surface area (Å²) in [5.41, 5.74) is 0.803. The highest BCUT2D eigenvalue weighted by molar-refractivity contribution is 8.00. The monoisotopic (exact) mass is 532 g/mol. The predicted molar refractivity (Wildman–Crippen MR) is 129 cm³/mol. The number of phenolic OH excluding ortho intramolecular Hbond substituents is 1. The van der Waals surface area contributed by atoms with Crippen LogP contribution in [0.3, 0.4) is 0 Å². The summed E-state index contributed by atoms with van der Waals surface area (Å²) in [6, 6.07) is 3.49. The number of amides is 2. The number of H-pyrrole nitrogens is 1. The number of fused-ring (bicyclic) bond motifs is 9. The summed E-state index contributed by atoms with van der Waals surface area (Å²) in [5.74, 6) is -2.61. The van der Waals surface area contributed by atoms with Crippen molar-refractivity contribution in [2.24, 2.45) is 29.6 Å². The second-order valence-corrected chi connectivity index (χ2v) is 11.9. The highest BCUT2D eigenvalue weighted by Crippen LogP contribution is 2.68. The molecule has 10 nitrogen and oxygen atoms in total. The molecule has 2 amide bonds. The van der Waals surface area contributed by atoms with E-state index in [9.17, 15) is 24.3 Å². The Kier molecular flexibility index (Phi) is 5.38. The summed E-state index contributed by atoms with van der Waals surface area (Å²) in [5, 5.41) is 20.3. The van der Waals surface area contributed by atoms with Crippen molar-refractivity contribution < 1.29 is 34.1 Å². The second-order valence-electron chi connectivity index (χ2n) is 9.71. The van der Waals surface area contributed by atoms with Gasteiger partial charge in [-0.3, -0.25) is 24.1 Å². The van der Waals surface area contributed by atoms with Crippen LogP contribution in [-0.2, 0) is 14.4 Å². The van der Waals surface area contributed by atoms with Crippen molar-refractivity contribution in [2.45, 2.75) is 29.0 Å². The minimum atomic E-state index is -1.05. The van der Waals surface area contributed by atoms with E-state index in [1.165, 1.54) is 14.2 Å². The minimum absolute atomic E-state index is 0.000895. The average Bonchev–Trinajstić information content (AvgIpc) is 3.57. The van der Waals surface area contributed by atoms with E-state index < -0.39 is 17.8 Å². The molecule has 0 spiro atoms. The summed E-state index contributed by atoms with van der Waals surface area (Å²) in [6.07, 6.45) is 0.450. The first-order valence-electron chi connectivity index (χ1n) is 11.7. The Labute approximate surface area is 213 Å². The fraction of sp³-hybridized carbons (Fsp3) is 0.500. The zero-order chi connectivity index (χ0) is 25.5. The van der Waals surface area contributed by atoms with E-state index in [1.807, 2.05) is 0 Å². The lowest BCUT2D eigenvalue weighted by molar-refractivity contribution is -0.142. The number of thioether (sulfide) groups is 1. The molecule has 6 rings (SSSR count). The molecule has 3 fully saturated rings. The number of aromatic hydroxyl groups is 1. The van der Waals surface area contributed by atoms with Gasteiger partial charge in [-0.25, -0.2) is 0 Å². The maximum atomic E-state index is 13.4. The zero-order valence-electron chi connectivity index (χ0n) is 19.4. The van der Waals surface area contributed by atoms with Crippen molar-refractivity contribution in [2.75, 3.05) is 20.8 Å². The van der Waals surface area contributed by atoms with Crippen molar-refractivity contribution >= 4 is 40.9 Å². The molecule has 12 heteroatoms. The van der Waals surface area contributed by atoms with Crippen LogP contribution in [0.1, 0.15) is 29.2 Å². The molecule has 2 aliphatic heterocycles. The molecular formula is C24H24N2O8S2. The van der Waals surface area contributed by atoms with Gasteiger partial charge in [0.2, 0.25) is 17.6 Å². The summed E-state index contributed by atoms with van der Waals surface area (Å²) in [6.45, 7) is -0.113. The Morgan fingerprint density at radius 3 is 2.36 bits per heavy atom. The van der Waals surface area contributed by atoms with Crippen LogP contribution in [0.2, 0.25) is 0 Å². The Hall–Kier alpha value is -2.99. The molecule has 0 radical (unpaired) electrons. The second kappa shape index (κ2) is 8.27. The lowest BCUT2D eigenvalue weighted by Crippen LogP contribution is -2.42. The fourth-order valence-corrected chi connectivity index (χ4v) is 9.86. The number of aromatic amines is 1. The molecule has 2 aliphatic carbocycles. The summed E-state index contributed by atoms with van der Waals surface area (Å²) < 4.78 is 10.8. The number of carboxylic acid groups (broad SMARTS) is 1. The number of aliphatic carboxylic acids is 1. The number of imide groups is 1. The normalized spacial score (nSPS) is 31.8. The first-order chi connectivity index (χ1) is 17.2. The van der Waals surface area contributed by atoms with Crippen LogP contribution in [0.4, 0.5) is 0 Å². The quantitative estimate of drug-likeness (QED) is 0.476. The van der Waals surface area contributed by atoms with Crippen LogP contribution in [0.15, 0.2) is 22.0 Å². The number of hydrogen-bond acceptors (Lipinski definition) is 9. The predicted octanol–water partition coefficient (Wildman–Crippen LogP) is 2.11. The van der Waals surface area contributed by atoms with Crippen LogP contribution in [0.25, 0.3) is 0 Å². The molecule has 4 aliphatic rings. The molecule has 2 saturated carbocycles. The number of carbonyl (C=O) groups excluding carboxylic acids is 2. The number of hydrogen-bond donors (Lipinski definition) is 3. The molecule has 0 unspecified atom stereocenters. The van der Waals surface area contributed by atoms with Gasteiger partial charge in [-0.1, -0.05) is 11.3 Å². The molecule has 1 aromatic carbocycles. The summed E-state index contributed by atoms with van der Waals surface area (Å²) >= 11 is 2.71. The first-order valence-corrected chi connectivity index (χ1v) is 13.4. The van der Waals surface area contributed by atoms with Gasteiger partial charge in [0.05, 0.1) is 37.5 Å². The smallest absolute Gasteiger partial charge is 0.305 e. The molecule has 3 N–H and O–H groups in total. The van der Waals surface area contributed by atoms with E-state index in [1.54, 1.807) is 23.9 Å². The molecule has 1 aromatic heterocycles. The van der Waals surface area contributed by atoms with Gasteiger partial charge < -0.3 is 24.7 Å². The number of nitrogens with one attached hydrogen (secondary N) is 1. The number of phenols is 1. The number of rotatable bonds is 6. The highest BCUT2D eigenvalue weighted by Gasteiger charge is 2.69. The maximum absolute atomic E-state index is 13.4. The number of benzene rings is 1. The fourth-order valence-electron chi connectivity index (χ4n) is 6.97. The van der Waals surface area contributed by atoms with Crippen LogP contribution < -0.4 is 14.3 Å². The van der Waals surface area contributed by atoms with Gasteiger partial charge in [0.1, 0.15) is 0 Å². The van der Waals surface area contributed by atoms with E-state index in [4.69, 9.17) is 14.6 Å². The molecule has 2 bridgehead atoms. The van der Waals surface area contributed by atoms with Crippen molar-refractivity contribution in [3.8, 4) is 17.2 Å². The summed E-state index contributed by atoms with van der Waals surface area (Å²) in [4.78, 5) is 54.9. The average molecular weight is 533 g/mol.